The van der Waals surface area contributed by atoms with Crippen LogP contribution in [0.1, 0.15) is 37.0 Å². The summed E-state index contributed by atoms with van der Waals surface area (Å²) in [4.78, 5) is 12.1. The van der Waals surface area contributed by atoms with E-state index in [1.54, 1.807) is 12.1 Å². The number of halogens is 2. The summed E-state index contributed by atoms with van der Waals surface area (Å²) < 4.78 is 6.45. The van der Waals surface area contributed by atoms with Gasteiger partial charge in [0.2, 0.25) is 0 Å². The fraction of sp³-hybridized carbons (Fsp3) is 0.533. The van der Waals surface area contributed by atoms with Crippen LogP contribution < -0.4 is 15.8 Å². The van der Waals surface area contributed by atoms with E-state index in [4.69, 9.17) is 10.5 Å². The average Bonchev–Trinajstić information content (AvgIpc) is 3.18. The van der Waals surface area contributed by atoms with Crippen molar-refractivity contribution in [3.8, 4) is 5.75 Å². The molecule has 1 aliphatic rings. The quantitative estimate of drug-likeness (QED) is 0.800. The third-order valence-corrected chi connectivity index (χ3v) is 3.69. The minimum Gasteiger partial charge on any atom is -0.491 e. The van der Waals surface area contributed by atoms with Crippen LogP contribution in [-0.4, -0.2) is 24.6 Å². The van der Waals surface area contributed by atoms with Crippen LogP contribution in [0.25, 0.3) is 0 Å². The van der Waals surface area contributed by atoms with E-state index in [1.807, 2.05) is 19.9 Å². The van der Waals surface area contributed by atoms with Crippen molar-refractivity contribution in [3.63, 3.8) is 0 Å². The summed E-state index contributed by atoms with van der Waals surface area (Å²) in [7, 11) is 0. The highest BCUT2D eigenvalue weighted by Gasteiger charge is 2.28. The van der Waals surface area contributed by atoms with Crippen molar-refractivity contribution in [3.05, 3.63) is 28.2 Å². The fourth-order valence-corrected chi connectivity index (χ4v) is 2.51. The standard InChI is InChI=1S/C15H21BrN2O2.ClH/c1-9(2)20-13-6-11(5-12(16)7-13)15(19)18-8-14(17)10-3-4-10;/h5-7,9-10,14H,3-4,8,17H2,1-2H3,(H,18,19);1H. The van der Waals surface area contributed by atoms with E-state index in [2.05, 4.69) is 21.2 Å². The van der Waals surface area contributed by atoms with Crippen molar-refractivity contribution >= 4 is 34.2 Å². The molecular weight excluding hydrogens is 356 g/mol. The van der Waals surface area contributed by atoms with E-state index in [9.17, 15) is 4.79 Å². The molecule has 1 amide bonds. The van der Waals surface area contributed by atoms with Crippen LogP contribution >= 0.6 is 28.3 Å². The normalized spacial score (nSPS) is 15.3. The van der Waals surface area contributed by atoms with E-state index >= 15 is 0 Å². The molecule has 4 nitrogen and oxygen atoms in total. The molecule has 0 radical (unpaired) electrons. The lowest BCUT2D eigenvalue weighted by atomic mass is 10.1. The number of carbonyl (C=O) groups is 1. The Morgan fingerprint density at radius 2 is 2.10 bits per heavy atom. The molecule has 6 heteroatoms. The van der Waals surface area contributed by atoms with Crippen LogP contribution in [0.2, 0.25) is 0 Å². The van der Waals surface area contributed by atoms with E-state index < -0.39 is 0 Å². The number of rotatable bonds is 6. The van der Waals surface area contributed by atoms with E-state index in [-0.39, 0.29) is 30.5 Å². The number of ether oxygens (including phenoxy) is 1. The lowest BCUT2D eigenvalue weighted by Crippen LogP contribution is -2.38. The second kappa shape index (κ2) is 8.01. The molecule has 118 valence electrons. The maximum absolute atomic E-state index is 12.1. The van der Waals surface area contributed by atoms with E-state index in [1.165, 1.54) is 12.8 Å². The van der Waals surface area contributed by atoms with Crippen LogP contribution in [-0.2, 0) is 0 Å². The smallest absolute Gasteiger partial charge is 0.251 e. The van der Waals surface area contributed by atoms with Gasteiger partial charge in [0.15, 0.2) is 0 Å². The summed E-state index contributed by atoms with van der Waals surface area (Å²) in [6.07, 6.45) is 2.43. The highest BCUT2D eigenvalue weighted by Crippen LogP contribution is 2.31. The topological polar surface area (TPSA) is 64.3 Å². The molecule has 21 heavy (non-hydrogen) atoms. The first-order valence-corrected chi connectivity index (χ1v) is 7.76. The predicted octanol–water partition coefficient (Wildman–Crippen LogP) is 3.13. The van der Waals surface area contributed by atoms with Gasteiger partial charge in [0.25, 0.3) is 5.91 Å². The minimum absolute atomic E-state index is 0. The zero-order valence-electron chi connectivity index (χ0n) is 12.3. The Hall–Kier alpha value is -0.780. The molecule has 1 aromatic rings. The largest absolute Gasteiger partial charge is 0.491 e. The highest BCUT2D eigenvalue weighted by molar-refractivity contribution is 9.10. The molecule has 0 aliphatic heterocycles. The van der Waals surface area contributed by atoms with Gasteiger partial charge in [-0.05, 0) is 50.8 Å². The Labute approximate surface area is 140 Å². The number of nitrogens with one attached hydrogen (secondary N) is 1. The SMILES string of the molecule is CC(C)Oc1cc(Br)cc(C(=O)NCC(N)C2CC2)c1.Cl. The van der Waals surface area contributed by atoms with Crippen LogP contribution in [0.3, 0.4) is 0 Å². The molecule has 1 saturated carbocycles. The highest BCUT2D eigenvalue weighted by atomic mass is 79.9. The molecular formula is C15H22BrClN2O2. The van der Waals surface area contributed by atoms with Crippen molar-refractivity contribution in [1.82, 2.24) is 5.32 Å². The minimum atomic E-state index is -0.115. The molecule has 2 rings (SSSR count). The van der Waals surface area contributed by atoms with Gasteiger partial charge in [0.05, 0.1) is 6.10 Å². The third-order valence-electron chi connectivity index (χ3n) is 3.23. The average molecular weight is 378 g/mol. The predicted molar refractivity (Wildman–Crippen MR) is 90.2 cm³/mol. The van der Waals surface area contributed by atoms with Crippen LogP contribution in [0.15, 0.2) is 22.7 Å². The van der Waals surface area contributed by atoms with Crippen molar-refractivity contribution in [1.29, 1.82) is 0 Å². The number of benzene rings is 1. The molecule has 1 atom stereocenters. The Balaban J connectivity index is 0.00000220. The lowest BCUT2D eigenvalue weighted by molar-refractivity contribution is 0.0949. The molecule has 0 spiro atoms. The summed E-state index contributed by atoms with van der Waals surface area (Å²) in [6, 6.07) is 5.46. The van der Waals surface area contributed by atoms with Gasteiger partial charge in [0.1, 0.15) is 5.75 Å². The number of amides is 1. The molecule has 1 aliphatic carbocycles. The number of nitrogens with two attached hydrogens (primary N) is 1. The first kappa shape index (κ1) is 18.3. The van der Waals surface area contributed by atoms with Crippen LogP contribution in [0.5, 0.6) is 5.75 Å². The van der Waals surface area contributed by atoms with E-state index in [0.717, 1.165) is 4.47 Å². The fourth-order valence-electron chi connectivity index (χ4n) is 2.04. The number of carbonyl (C=O) groups excluding carboxylic acids is 1. The first-order valence-electron chi connectivity index (χ1n) is 6.96. The van der Waals surface area contributed by atoms with Gasteiger partial charge in [-0.25, -0.2) is 0 Å². The lowest BCUT2D eigenvalue weighted by Gasteiger charge is -2.14. The van der Waals surface area contributed by atoms with Gasteiger partial charge in [-0.1, -0.05) is 15.9 Å². The maximum Gasteiger partial charge on any atom is 0.251 e. The number of hydrogen-bond donors (Lipinski definition) is 2. The molecule has 1 fully saturated rings. The van der Waals surface area contributed by atoms with Gasteiger partial charge in [-0.3, -0.25) is 4.79 Å². The summed E-state index contributed by atoms with van der Waals surface area (Å²) in [5, 5.41) is 2.89. The Bertz CT molecular complexity index is 493. The van der Waals surface area contributed by atoms with Crippen molar-refractivity contribution in [2.75, 3.05) is 6.54 Å². The summed E-state index contributed by atoms with van der Waals surface area (Å²) >= 11 is 3.40. The second-order valence-corrected chi connectivity index (χ2v) is 6.47. The van der Waals surface area contributed by atoms with Gasteiger partial charge >= 0.3 is 0 Å². The monoisotopic (exact) mass is 376 g/mol. The summed E-state index contributed by atoms with van der Waals surface area (Å²) in [6.45, 7) is 4.43. The molecule has 0 heterocycles. The Morgan fingerprint density at radius 1 is 1.43 bits per heavy atom. The first-order chi connectivity index (χ1) is 9.45. The van der Waals surface area contributed by atoms with E-state index in [0.29, 0.717) is 23.8 Å². The van der Waals surface area contributed by atoms with Gasteiger partial charge in [-0.15, -0.1) is 12.4 Å². The molecule has 3 N–H and O–H groups in total. The van der Waals surface area contributed by atoms with Crippen molar-refractivity contribution < 1.29 is 9.53 Å². The maximum atomic E-state index is 12.1. The van der Waals surface area contributed by atoms with Crippen molar-refractivity contribution in [2.24, 2.45) is 11.7 Å². The van der Waals surface area contributed by atoms with Gasteiger partial charge < -0.3 is 15.8 Å². The summed E-state index contributed by atoms with van der Waals surface area (Å²) in [5.74, 6) is 1.15. The van der Waals surface area contributed by atoms with Crippen LogP contribution in [0, 0.1) is 5.92 Å². The third kappa shape index (κ3) is 5.85. The summed E-state index contributed by atoms with van der Waals surface area (Å²) in [5.41, 5.74) is 6.56. The van der Waals surface area contributed by atoms with Gasteiger partial charge in [0, 0.05) is 22.6 Å². The zero-order chi connectivity index (χ0) is 14.7. The zero-order valence-corrected chi connectivity index (χ0v) is 14.7. The molecule has 1 unspecified atom stereocenters. The van der Waals surface area contributed by atoms with Crippen LogP contribution in [0.4, 0.5) is 0 Å². The van der Waals surface area contributed by atoms with Crippen molar-refractivity contribution in [2.45, 2.75) is 38.8 Å². The molecule has 0 aromatic heterocycles. The second-order valence-electron chi connectivity index (χ2n) is 5.55. The molecule has 0 saturated heterocycles. The Kier molecular flexibility index (Phi) is 6.97. The number of hydrogen-bond acceptors (Lipinski definition) is 3. The molecule has 0 bridgehead atoms. The Morgan fingerprint density at radius 3 is 2.67 bits per heavy atom. The van der Waals surface area contributed by atoms with Gasteiger partial charge in [-0.2, -0.15) is 0 Å². The molecule has 1 aromatic carbocycles.